The Morgan fingerprint density at radius 1 is 1.58 bits per heavy atom. The van der Waals surface area contributed by atoms with Crippen LogP contribution in [0.3, 0.4) is 0 Å². The van der Waals surface area contributed by atoms with Gasteiger partial charge in [0.1, 0.15) is 6.29 Å². The molecule has 1 aliphatic carbocycles. The van der Waals surface area contributed by atoms with E-state index in [-0.39, 0.29) is 11.8 Å². The van der Waals surface area contributed by atoms with Gasteiger partial charge in [-0.05, 0) is 18.8 Å². The van der Waals surface area contributed by atoms with Crippen molar-refractivity contribution in [3.63, 3.8) is 0 Å². The molecule has 0 aromatic heterocycles. The van der Waals surface area contributed by atoms with E-state index in [9.17, 15) is 9.59 Å². The van der Waals surface area contributed by atoms with E-state index in [0.29, 0.717) is 6.54 Å². The molecule has 0 saturated heterocycles. The molecule has 0 aromatic carbocycles. The average Bonchev–Trinajstić information content (AvgIpc) is 2.47. The Labute approximate surface area is 71.0 Å². The van der Waals surface area contributed by atoms with Gasteiger partial charge in [0.2, 0.25) is 0 Å². The highest BCUT2D eigenvalue weighted by Crippen LogP contribution is 2.29. The van der Waals surface area contributed by atoms with Crippen LogP contribution in [0.2, 0.25) is 0 Å². The van der Waals surface area contributed by atoms with Gasteiger partial charge < -0.3 is 15.2 Å². The maximum Gasteiger partial charge on any atom is 0.404 e. The lowest BCUT2D eigenvalue weighted by Crippen LogP contribution is -2.29. The summed E-state index contributed by atoms with van der Waals surface area (Å²) in [5.41, 5.74) is 0. The van der Waals surface area contributed by atoms with Crippen LogP contribution in [0.15, 0.2) is 0 Å². The van der Waals surface area contributed by atoms with Crippen LogP contribution in [-0.4, -0.2) is 24.0 Å². The van der Waals surface area contributed by atoms with E-state index in [1.165, 1.54) is 0 Å². The minimum absolute atomic E-state index is 0.0665. The summed E-state index contributed by atoms with van der Waals surface area (Å²) in [5, 5.41) is 10.6. The summed E-state index contributed by atoms with van der Waals surface area (Å²) in [4.78, 5) is 20.6. The zero-order valence-electron chi connectivity index (χ0n) is 6.82. The third-order valence-corrected chi connectivity index (χ3v) is 2.41. The summed E-state index contributed by atoms with van der Waals surface area (Å²) in [6.07, 6.45) is 2.85. The van der Waals surface area contributed by atoms with Gasteiger partial charge in [-0.2, -0.15) is 0 Å². The summed E-state index contributed by atoms with van der Waals surface area (Å²) in [6.45, 7) is 0.415. The Bertz CT molecular complexity index is 181. The van der Waals surface area contributed by atoms with Crippen molar-refractivity contribution >= 4 is 12.4 Å². The Morgan fingerprint density at radius 2 is 2.33 bits per heavy atom. The summed E-state index contributed by atoms with van der Waals surface area (Å²) < 4.78 is 0. The fourth-order valence-corrected chi connectivity index (χ4v) is 1.72. The highest BCUT2D eigenvalue weighted by atomic mass is 16.4. The smallest absolute Gasteiger partial charge is 0.404 e. The van der Waals surface area contributed by atoms with Gasteiger partial charge >= 0.3 is 6.09 Å². The van der Waals surface area contributed by atoms with Crippen LogP contribution in [0.1, 0.15) is 19.3 Å². The van der Waals surface area contributed by atoms with Gasteiger partial charge in [-0.25, -0.2) is 4.79 Å². The normalized spacial score (nSPS) is 28.3. The fraction of sp³-hybridized carbons (Fsp3) is 0.750. The number of hydrogen-bond donors (Lipinski definition) is 2. The van der Waals surface area contributed by atoms with Crippen LogP contribution >= 0.6 is 0 Å². The van der Waals surface area contributed by atoms with E-state index >= 15 is 0 Å². The molecule has 4 nitrogen and oxygen atoms in total. The third-order valence-electron chi connectivity index (χ3n) is 2.41. The predicted octanol–water partition coefficient (Wildman–Crippen LogP) is 0.869. The summed E-state index contributed by atoms with van der Waals surface area (Å²) in [7, 11) is 0. The van der Waals surface area contributed by atoms with Crippen molar-refractivity contribution < 1.29 is 14.7 Å². The number of aldehydes is 1. The highest BCUT2D eigenvalue weighted by molar-refractivity contribution is 5.64. The number of hydrogen-bond acceptors (Lipinski definition) is 2. The topological polar surface area (TPSA) is 66.4 Å². The number of carbonyl (C=O) groups is 2. The first-order valence-corrected chi connectivity index (χ1v) is 4.16. The van der Waals surface area contributed by atoms with E-state index in [2.05, 4.69) is 5.32 Å². The SMILES string of the molecule is O=C[C@@H]1CCC[C@@H]1CNC(=O)O. The molecule has 0 bridgehead atoms. The van der Waals surface area contributed by atoms with Crippen molar-refractivity contribution in [3.05, 3.63) is 0 Å². The molecule has 1 saturated carbocycles. The monoisotopic (exact) mass is 171 g/mol. The lowest BCUT2D eigenvalue weighted by atomic mass is 9.98. The summed E-state index contributed by atoms with van der Waals surface area (Å²) >= 11 is 0. The van der Waals surface area contributed by atoms with Gasteiger partial charge in [0.05, 0.1) is 0 Å². The molecule has 0 aromatic rings. The quantitative estimate of drug-likeness (QED) is 0.619. The molecule has 2 atom stereocenters. The molecule has 68 valence electrons. The lowest BCUT2D eigenvalue weighted by molar-refractivity contribution is -0.111. The fourth-order valence-electron chi connectivity index (χ4n) is 1.72. The number of rotatable bonds is 3. The van der Waals surface area contributed by atoms with Crippen LogP contribution in [-0.2, 0) is 4.79 Å². The van der Waals surface area contributed by atoms with Crippen LogP contribution < -0.4 is 5.32 Å². The minimum Gasteiger partial charge on any atom is -0.465 e. The molecular formula is C8H13NO3. The number of carboxylic acid groups (broad SMARTS) is 1. The molecule has 0 spiro atoms. The predicted molar refractivity (Wildman–Crippen MR) is 42.9 cm³/mol. The largest absolute Gasteiger partial charge is 0.465 e. The molecule has 0 radical (unpaired) electrons. The maximum atomic E-state index is 10.5. The number of nitrogens with one attached hydrogen (secondary N) is 1. The molecule has 0 heterocycles. The lowest BCUT2D eigenvalue weighted by Gasteiger charge is -2.12. The molecule has 0 unspecified atom stereocenters. The second-order valence-corrected chi connectivity index (χ2v) is 3.18. The van der Waals surface area contributed by atoms with Crippen LogP contribution in [0.5, 0.6) is 0 Å². The van der Waals surface area contributed by atoms with Crippen LogP contribution in [0.25, 0.3) is 0 Å². The van der Waals surface area contributed by atoms with Crippen LogP contribution in [0, 0.1) is 11.8 Å². The first-order chi connectivity index (χ1) is 5.74. The van der Waals surface area contributed by atoms with E-state index < -0.39 is 6.09 Å². The van der Waals surface area contributed by atoms with Gasteiger partial charge in [-0.3, -0.25) is 0 Å². The van der Waals surface area contributed by atoms with Crippen molar-refractivity contribution in [2.75, 3.05) is 6.54 Å². The molecule has 12 heavy (non-hydrogen) atoms. The van der Waals surface area contributed by atoms with Crippen molar-refractivity contribution in [2.45, 2.75) is 19.3 Å². The van der Waals surface area contributed by atoms with Gasteiger partial charge in [0.25, 0.3) is 0 Å². The maximum absolute atomic E-state index is 10.5. The zero-order chi connectivity index (χ0) is 8.97. The Hall–Kier alpha value is -1.06. The van der Waals surface area contributed by atoms with E-state index in [0.717, 1.165) is 25.5 Å². The summed E-state index contributed by atoms with van der Waals surface area (Å²) in [6, 6.07) is 0. The number of carbonyl (C=O) groups excluding carboxylic acids is 1. The first kappa shape index (κ1) is 9.03. The summed E-state index contributed by atoms with van der Waals surface area (Å²) in [5.74, 6) is 0.287. The molecule has 2 N–H and O–H groups in total. The van der Waals surface area contributed by atoms with Crippen molar-refractivity contribution in [2.24, 2.45) is 11.8 Å². The molecule has 1 amide bonds. The molecule has 1 aliphatic rings. The Kier molecular flexibility index (Phi) is 3.08. The standard InChI is InChI=1S/C8H13NO3/c10-5-7-3-1-2-6(7)4-9-8(11)12/h5-7,9H,1-4H2,(H,11,12)/t6-,7+/m1/s1. The van der Waals surface area contributed by atoms with Crippen molar-refractivity contribution in [3.8, 4) is 0 Å². The third kappa shape index (κ3) is 2.22. The molecule has 1 rings (SSSR count). The molecular weight excluding hydrogens is 158 g/mol. The molecule has 0 aliphatic heterocycles. The van der Waals surface area contributed by atoms with Gasteiger partial charge in [-0.1, -0.05) is 6.42 Å². The van der Waals surface area contributed by atoms with Gasteiger partial charge in [0.15, 0.2) is 0 Å². The average molecular weight is 171 g/mol. The molecule has 1 fully saturated rings. The minimum atomic E-state index is -1.01. The Morgan fingerprint density at radius 3 is 2.92 bits per heavy atom. The van der Waals surface area contributed by atoms with Crippen molar-refractivity contribution in [1.29, 1.82) is 0 Å². The van der Waals surface area contributed by atoms with Crippen molar-refractivity contribution in [1.82, 2.24) is 5.32 Å². The van der Waals surface area contributed by atoms with E-state index in [1.54, 1.807) is 0 Å². The number of amides is 1. The van der Waals surface area contributed by atoms with Crippen LogP contribution in [0.4, 0.5) is 4.79 Å². The highest BCUT2D eigenvalue weighted by Gasteiger charge is 2.26. The molecule has 4 heteroatoms. The second kappa shape index (κ2) is 4.09. The zero-order valence-corrected chi connectivity index (χ0v) is 6.82. The Balaban J connectivity index is 2.30. The van der Waals surface area contributed by atoms with E-state index in [1.807, 2.05) is 0 Å². The first-order valence-electron chi connectivity index (χ1n) is 4.16. The van der Waals surface area contributed by atoms with E-state index in [4.69, 9.17) is 5.11 Å². The second-order valence-electron chi connectivity index (χ2n) is 3.18. The van der Waals surface area contributed by atoms with Gasteiger partial charge in [0, 0.05) is 12.5 Å². The van der Waals surface area contributed by atoms with Gasteiger partial charge in [-0.15, -0.1) is 0 Å².